The van der Waals surface area contributed by atoms with Crippen LogP contribution in [0.5, 0.6) is 0 Å². The number of hydrogen-bond donors (Lipinski definition) is 1. The highest BCUT2D eigenvalue weighted by Crippen LogP contribution is 2.38. The number of alkyl halides is 6. The van der Waals surface area contributed by atoms with Crippen molar-refractivity contribution in [3.05, 3.63) is 70.8 Å². The lowest BCUT2D eigenvalue weighted by molar-refractivity contribution is -0.364. The first-order valence-electron chi connectivity index (χ1n) is 9.46. The number of hydrogen-bond acceptors (Lipinski definition) is 4. The molecule has 32 heavy (non-hydrogen) atoms. The first kappa shape index (κ1) is 24.0. The molecule has 1 aliphatic rings. The minimum Gasteiger partial charge on any atom is -0.336 e. The SMILES string of the molecule is C[C@@H](O[C@@]1(O)OCCN(Cc2ccccc2)C1=O)c1cc(C(F)(F)F)cc(C(F)(F)F)c1. The van der Waals surface area contributed by atoms with E-state index >= 15 is 0 Å². The third-order valence-electron chi connectivity index (χ3n) is 4.85. The molecule has 3 rings (SSSR count). The third kappa shape index (κ3) is 5.40. The van der Waals surface area contributed by atoms with Crippen molar-refractivity contribution in [3.8, 4) is 0 Å². The summed E-state index contributed by atoms with van der Waals surface area (Å²) >= 11 is 0. The lowest BCUT2D eigenvalue weighted by Gasteiger charge is -2.38. The molecule has 1 fully saturated rings. The maximum absolute atomic E-state index is 13.1. The highest BCUT2D eigenvalue weighted by molar-refractivity contribution is 5.82. The van der Waals surface area contributed by atoms with E-state index < -0.39 is 47.0 Å². The van der Waals surface area contributed by atoms with Gasteiger partial charge in [-0.25, -0.2) is 0 Å². The fourth-order valence-corrected chi connectivity index (χ4v) is 3.22. The molecule has 0 saturated carbocycles. The number of carbonyl (C=O) groups excluding carboxylic acids is 1. The fourth-order valence-electron chi connectivity index (χ4n) is 3.22. The molecule has 0 spiro atoms. The number of nitrogens with zero attached hydrogens (tertiary/aromatic N) is 1. The molecule has 1 aliphatic heterocycles. The molecule has 11 heteroatoms. The summed E-state index contributed by atoms with van der Waals surface area (Å²) in [7, 11) is 0. The van der Waals surface area contributed by atoms with Crippen molar-refractivity contribution in [1.29, 1.82) is 0 Å². The second-order valence-electron chi connectivity index (χ2n) is 7.24. The van der Waals surface area contributed by atoms with E-state index in [2.05, 4.69) is 0 Å². The zero-order valence-electron chi connectivity index (χ0n) is 16.7. The van der Waals surface area contributed by atoms with E-state index in [4.69, 9.17) is 9.47 Å². The largest absolute Gasteiger partial charge is 0.416 e. The van der Waals surface area contributed by atoms with Crippen LogP contribution in [-0.4, -0.2) is 35.0 Å². The monoisotopic (exact) mass is 463 g/mol. The van der Waals surface area contributed by atoms with Gasteiger partial charge in [0.05, 0.1) is 23.8 Å². The second-order valence-corrected chi connectivity index (χ2v) is 7.24. The molecule has 5 nitrogen and oxygen atoms in total. The predicted octanol–water partition coefficient (Wildman–Crippen LogP) is 4.51. The standard InChI is InChI=1S/C21H19F6NO4/c1-13(15-9-16(19(22,23)24)11-17(10-15)20(25,26)27)32-21(30)18(29)28(7-8-31-21)12-14-5-3-2-4-6-14/h2-6,9-11,13,30H,7-8,12H2,1H3/t13-,21+/m1/s1. The number of amides is 1. The van der Waals surface area contributed by atoms with Crippen LogP contribution in [0.1, 0.15) is 35.3 Å². The Kier molecular flexibility index (Phi) is 6.55. The van der Waals surface area contributed by atoms with E-state index in [0.29, 0.717) is 12.1 Å². The summed E-state index contributed by atoms with van der Waals surface area (Å²) in [6.07, 6.45) is -11.6. The Morgan fingerprint density at radius 2 is 1.62 bits per heavy atom. The Hall–Kier alpha value is -2.63. The van der Waals surface area contributed by atoms with Crippen LogP contribution in [0, 0.1) is 0 Å². The molecule has 2 aromatic carbocycles. The summed E-state index contributed by atoms with van der Waals surface area (Å²) in [4.78, 5) is 14.0. The number of carbonyl (C=O) groups is 1. The van der Waals surface area contributed by atoms with Crippen LogP contribution in [0.3, 0.4) is 0 Å². The first-order chi connectivity index (χ1) is 14.8. The Balaban J connectivity index is 1.85. The summed E-state index contributed by atoms with van der Waals surface area (Å²) in [6.45, 7) is 1.17. The molecule has 0 aromatic heterocycles. The number of aliphatic hydroxyl groups is 1. The van der Waals surface area contributed by atoms with Gasteiger partial charge in [0.25, 0.3) is 0 Å². The number of benzene rings is 2. The second kappa shape index (κ2) is 8.72. The van der Waals surface area contributed by atoms with Crippen molar-refractivity contribution in [2.45, 2.75) is 37.9 Å². The first-order valence-corrected chi connectivity index (χ1v) is 9.46. The van der Waals surface area contributed by atoms with Gasteiger partial charge in [-0.3, -0.25) is 4.79 Å². The van der Waals surface area contributed by atoms with Gasteiger partial charge in [0.15, 0.2) is 0 Å². The number of morpholine rings is 1. The maximum Gasteiger partial charge on any atom is 0.416 e. The van der Waals surface area contributed by atoms with Crippen molar-refractivity contribution in [2.24, 2.45) is 0 Å². The summed E-state index contributed by atoms with van der Waals surface area (Å²) in [6, 6.07) is 9.68. The molecule has 1 saturated heterocycles. The molecular weight excluding hydrogens is 444 g/mol. The molecule has 1 heterocycles. The molecule has 174 valence electrons. The van der Waals surface area contributed by atoms with E-state index in [1.165, 1.54) is 4.90 Å². The van der Waals surface area contributed by atoms with Crippen molar-refractivity contribution in [1.82, 2.24) is 4.90 Å². The average Bonchev–Trinajstić information content (AvgIpc) is 2.71. The van der Waals surface area contributed by atoms with Crippen LogP contribution in [0.15, 0.2) is 48.5 Å². The predicted molar refractivity (Wildman–Crippen MR) is 98.7 cm³/mol. The minimum absolute atomic E-state index is 0.0191. The van der Waals surface area contributed by atoms with Crippen molar-refractivity contribution in [3.63, 3.8) is 0 Å². The van der Waals surface area contributed by atoms with Crippen molar-refractivity contribution < 1.29 is 45.7 Å². The Morgan fingerprint density at radius 1 is 1.06 bits per heavy atom. The minimum atomic E-state index is -5.05. The van der Waals surface area contributed by atoms with E-state index in [0.717, 1.165) is 12.5 Å². The summed E-state index contributed by atoms with van der Waals surface area (Å²) in [5, 5.41) is 10.6. The molecule has 0 radical (unpaired) electrons. The van der Waals surface area contributed by atoms with Gasteiger partial charge in [-0.2, -0.15) is 26.3 Å². The zero-order chi connectivity index (χ0) is 23.7. The van der Waals surface area contributed by atoms with Gasteiger partial charge in [0.2, 0.25) is 0 Å². The van der Waals surface area contributed by atoms with Crippen molar-refractivity contribution in [2.75, 3.05) is 13.2 Å². The molecule has 1 N–H and O–H groups in total. The quantitative estimate of drug-likeness (QED) is 0.524. The topological polar surface area (TPSA) is 59.0 Å². The molecular formula is C21H19F6NO4. The molecule has 2 aromatic rings. The summed E-state index contributed by atoms with van der Waals surface area (Å²) in [5.74, 6) is -3.87. The summed E-state index contributed by atoms with van der Waals surface area (Å²) in [5.41, 5.74) is -2.86. The van der Waals surface area contributed by atoms with Gasteiger partial charge in [0, 0.05) is 13.1 Å². The lowest BCUT2D eigenvalue weighted by atomic mass is 10.0. The van der Waals surface area contributed by atoms with E-state index in [9.17, 15) is 36.2 Å². The molecule has 1 amide bonds. The fraction of sp³-hybridized carbons (Fsp3) is 0.381. The van der Waals surface area contributed by atoms with Crippen LogP contribution >= 0.6 is 0 Å². The molecule has 0 aliphatic carbocycles. The molecule has 0 bridgehead atoms. The molecule has 0 unspecified atom stereocenters. The third-order valence-corrected chi connectivity index (χ3v) is 4.85. The number of rotatable bonds is 5. The number of halogens is 6. The van der Waals surface area contributed by atoms with Crippen LogP contribution in [0.2, 0.25) is 0 Å². The van der Waals surface area contributed by atoms with E-state index in [1.807, 2.05) is 0 Å². The Labute approximate surface area is 179 Å². The smallest absolute Gasteiger partial charge is 0.336 e. The highest BCUT2D eigenvalue weighted by atomic mass is 19.4. The highest BCUT2D eigenvalue weighted by Gasteiger charge is 2.47. The maximum atomic E-state index is 13.1. The van der Waals surface area contributed by atoms with Gasteiger partial charge in [-0.1, -0.05) is 30.3 Å². The van der Waals surface area contributed by atoms with Crippen LogP contribution in [0.4, 0.5) is 26.3 Å². The van der Waals surface area contributed by atoms with Crippen LogP contribution in [0.25, 0.3) is 0 Å². The van der Waals surface area contributed by atoms with Gasteiger partial charge >= 0.3 is 24.2 Å². The Bertz CT molecular complexity index is 931. The van der Waals surface area contributed by atoms with Crippen LogP contribution < -0.4 is 0 Å². The van der Waals surface area contributed by atoms with Crippen LogP contribution in [-0.2, 0) is 33.2 Å². The summed E-state index contributed by atoms with van der Waals surface area (Å²) < 4.78 is 88.9. The van der Waals surface area contributed by atoms with Gasteiger partial charge in [-0.15, -0.1) is 0 Å². The van der Waals surface area contributed by atoms with Gasteiger partial charge in [-0.05, 0) is 36.2 Å². The zero-order valence-corrected chi connectivity index (χ0v) is 16.7. The molecule has 2 atom stereocenters. The number of ether oxygens (including phenoxy) is 2. The normalized spacial score (nSPS) is 21.0. The van der Waals surface area contributed by atoms with E-state index in [1.54, 1.807) is 30.3 Å². The average molecular weight is 463 g/mol. The van der Waals surface area contributed by atoms with Gasteiger partial charge < -0.3 is 19.5 Å². The lowest BCUT2D eigenvalue weighted by Crippen LogP contribution is -2.58. The van der Waals surface area contributed by atoms with E-state index in [-0.39, 0.29) is 25.8 Å². The Morgan fingerprint density at radius 3 is 2.16 bits per heavy atom. The van der Waals surface area contributed by atoms with Crippen molar-refractivity contribution >= 4 is 5.91 Å². The van der Waals surface area contributed by atoms with Gasteiger partial charge in [0.1, 0.15) is 0 Å².